The summed E-state index contributed by atoms with van der Waals surface area (Å²) in [5.74, 6) is 2.12. The minimum Gasteiger partial charge on any atom is -0.507 e. The number of carbonyl (C=O) groups excluding carboxylic acids is 1. The van der Waals surface area contributed by atoms with Crippen molar-refractivity contribution in [1.82, 2.24) is 0 Å². The molecular weight excluding hydrogens is 344 g/mol. The van der Waals surface area contributed by atoms with E-state index in [4.69, 9.17) is 14.2 Å². The minimum atomic E-state index is 0.0140. The summed E-state index contributed by atoms with van der Waals surface area (Å²) in [5.41, 5.74) is 3.40. The number of benzene rings is 2. The summed E-state index contributed by atoms with van der Waals surface area (Å²) in [6, 6.07) is 9.26. The van der Waals surface area contributed by atoms with Gasteiger partial charge in [-0.2, -0.15) is 0 Å². The standard InChI is InChI=1S/C22H24O5/c1-25-17-8-4-14-5-9-20(24)18(10-14)19-11-15(6-7-16(23)12-17)21(26-2)13-22(19)27-3/h5,9-13,24H,4,6-8H2,1-3H3. The molecule has 3 rings (SSSR count). The largest absolute Gasteiger partial charge is 0.507 e. The Morgan fingerprint density at radius 3 is 2.30 bits per heavy atom. The SMILES string of the molecule is COC1=CC(=O)CCc2cc(c(OC)cc2OC)-c2cc(ccc2O)CC1. The van der Waals surface area contributed by atoms with E-state index in [9.17, 15) is 9.90 Å². The molecule has 2 aromatic carbocycles. The number of fused-ring (bicyclic) bond motifs is 5. The van der Waals surface area contributed by atoms with Crippen LogP contribution in [0.3, 0.4) is 0 Å². The second kappa shape index (κ2) is 8.16. The van der Waals surface area contributed by atoms with Crippen molar-refractivity contribution in [3.05, 3.63) is 53.3 Å². The van der Waals surface area contributed by atoms with Gasteiger partial charge in [0, 0.05) is 36.1 Å². The molecule has 0 amide bonds. The number of aryl methyl sites for hydroxylation is 2. The van der Waals surface area contributed by atoms with Gasteiger partial charge in [0.1, 0.15) is 17.2 Å². The molecule has 5 nitrogen and oxygen atoms in total. The summed E-state index contributed by atoms with van der Waals surface area (Å²) in [5, 5.41) is 10.5. The number of hydrogen-bond acceptors (Lipinski definition) is 5. The van der Waals surface area contributed by atoms with Gasteiger partial charge >= 0.3 is 0 Å². The molecule has 0 saturated heterocycles. The summed E-state index contributed by atoms with van der Waals surface area (Å²) in [7, 11) is 4.76. The second-order valence-electron chi connectivity index (χ2n) is 6.50. The normalized spacial score (nSPS) is 14.3. The van der Waals surface area contributed by atoms with Gasteiger partial charge in [0.05, 0.1) is 27.1 Å². The molecule has 1 N–H and O–H groups in total. The number of allylic oxidation sites excluding steroid dienone is 2. The van der Waals surface area contributed by atoms with Gasteiger partial charge in [-0.25, -0.2) is 0 Å². The first-order valence-corrected chi connectivity index (χ1v) is 8.90. The zero-order valence-electron chi connectivity index (χ0n) is 15.9. The zero-order valence-corrected chi connectivity index (χ0v) is 15.9. The lowest BCUT2D eigenvalue weighted by Crippen LogP contribution is -2.02. The predicted octanol–water partition coefficient (Wildman–Crippen LogP) is 4.05. The lowest BCUT2D eigenvalue weighted by Gasteiger charge is -2.16. The Kier molecular flexibility index (Phi) is 5.69. The third-order valence-electron chi connectivity index (χ3n) is 4.84. The quantitative estimate of drug-likeness (QED) is 0.885. The number of ether oxygens (including phenoxy) is 3. The summed E-state index contributed by atoms with van der Waals surface area (Å²) in [6.07, 6.45) is 3.76. The molecule has 2 aromatic rings. The monoisotopic (exact) mass is 368 g/mol. The number of methoxy groups -OCH3 is 3. The van der Waals surface area contributed by atoms with E-state index in [0.717, 1.165) is 16.7 Å². The molecule has 1 aliphatic rings. The number of hydrogen-bond donors (Lipinski definition) is 1. The van der Waals surface area contributed by atoms with E-state index in [-0.39, 0.29) is 11.5 Å². The summed E-state index contributed by atoms with van der Waals surface area (Å²) in [4.78, 5) is 12.4. The molecule has 0 aliphatic heterocycles. The smallest absolute Gasteiger partial charge is 0.159 e. The van der Waals surface area contributed by atoms with Crippen LogP contribution in [0.4, 0.5) is 0 Å². The third-order valence-corrected chi connectivity index (χ3v) is 4.84. The van der Waals surface area contributed by atoms with Gasteiger partial charge in [-0.1, -0.05) is 6.07 Å². The number of phenols is 1. The molecule has 0 aromatic heterocycles. The molecule has 0 saturated carbocycles. The average Bonchev–Trinajstić information content (AvgIpc) is 2.69. The minimum absolute atomic E-state index is 0.0140. The molecule has 0 atom stereocenters. The van der Waals surface area contributed by atoms with Crippen molar-refractivity contribution in [2.75, 3.05) is 21.3 Å². The summed E-state index contributed by atoms with van der Waals surface area (Å²) in [6.45, 7) is 0. The highest BCUT2D eigenvalue weighted by Gasteiger charge is 2.17. The van der Waals surface area contributed by atoms with Crippen molar-refractivity contribution >= 4 is 5.78 Å². The maximum atomic E-state index is 12.4. The van der Waals surface area contributed by atoms with E-state index in [0.29, 0.717) is 48.5 Å². The molecule has 0 heterocycles. The predicted molar refractivity (Wildman–Crippen MR) is 103 cm³/mol. The van der Waals surface area contributed by atoms with Gasteiger partial charge in [-0.05, 0) is 42.2 Å². The number of phenolic OH excluding ortho intramolecular Hbond substituents is 1. The van der Waals surface area contributed by atoms with Crippen LogP contribution in [-0.2, 0) is 22.4 Å². The van der Waals surface area contributed by atoms with Crippen molar-refractivity contribution < 1.29 is 24.1 Å². The molecular formula is C22H24O5. The molecule has 4 bridgehead atoms. The van der Waals surface area contributed by atoms with Gasteiger partial charge in [0.25, 0.3) is 0 Å². The first-order chi connectivity index (χ1) is 13.0. The van der Waals surface area contributed by atoms with Crippen molar-refractivity contribution in [2.24, 2.45) is 0 Å². The Hall–Kier alpha value is -2.95. The molecule has 0 fully saturated rings. The highest BCUT2D eigenvalue weighted by molar-refractivity contribution is 5.90. The van der Waals surface area contributed by atoms with Crippen molar-refractivity contribution in [3.8, 4) is 28.4 Å². The molecule has 142 valence electrons. The van der Waals surface area contributed by atoms with Crippen LogP contribution in [0.2, 0.25) is 0 Å². The molecule has 1 aliphatic carbocycles. The Labute approximate surface area is 159 Å². The van der Waals surface area contributed by atoms with Gasteiger partial charge < -0.3 is 19.3 Å². The first kappa shape index (κ1) is 18.8. The van der Waals surface area contributed by atoms with Crippen LogP contribution in [0.15, 0.2) is 42.2 Å². The molecule has 0 unspecified atom stereocenters. The Morgan fingerprint density at radius 2 is 1.59 bits per heavy atom. The number of carbonyl (C=O) groups is 1. The first-order valence-electron chi connectivity index (χ1n) is 8.90. The Bertz CT molecular complexity index is 883. The fraction of sp³-hybridized carbons (Fsp3) is 0.318. The van der Waals surface area contributed by atoms with E-state index < -0.39 is 0 Å². The van der Waals surface area contributed by atoms with Crippen LogP contribution in [0.25, 0.3) is 11.1 Å². The molecule has 0 spiro atoms. The molecule has 27 heavy (non-hydrogen) atoms. The number of aromatic hydroxyl groups is 1. The number of ketones is 1. The third kappa shape index (κ3) is 4.08. The average molecular weight is 368 g/mol. The van der Waals surface area contributed by atoms with Gasteiger partial charge in [-0.15, -0.1) is 0 Å². The van der Waals surface area contributed by atoms with Crippen LogP contribution < -0.4 is 9.47 Å². The van der Waals surface area contributed by atoms with Crippen LogP contribution in [-0.4, -0.2) is 32.2 Å². The van der Waals surface area contributed by atoms with Gasteiger partial charge in [-0.3, -0.25) is 4.79 Å². The van der Waals surface area contributed by atoms with Crippen molar-refractivity contribution in [3.63, 3.8) is 0 Å². The van der Waals surface area contributed by atoms with E-state index in [1.807, 2.05) is 18.2 Å². The maximum absolute atomic E-state index is 12.4. The fourth-order valence-corrected chi connectivity index (χ4v) is 3.34. The van der Waals surface area contributed by atoms with Crippen molar-refractivity contribution in [2.45, 2.75) is 25.7 Å². The van der Waals surface area contributed by atoms with Gasteiger partial charge in [0.2, 0.25) is 0 Å². The van der Waals surface area contributed by atoms with E-state index in [2.05, 4.69) is 0 Å². The van der Waals surface area contributed by atoms with E-state index >= 15 is 0 Å². The lowest BCUT2D eigenvalue weighted by molar-refractivity contribution is -0.114. The zero-order chi connectivity index (χ0) is 19.4. The van der Waals surface area contributed by atoms with Gasteiger partial charge in [0.15, 0.2) is 5.78 Å². The lowest BCUT2D eigenvalue weighted by atomic mass is 9.96. The summed E-state index contributed by atoms with van der Waals surface area (Å²) < 4.78 is 16.4. The second-order valence-corrected chi connectivity index (χ2v) is 6.50. The fourth-order valence-electron chi connectivity index (χ4n) is 3.34. The number of rotatable bonds is 3. The van der Waals surface area contributed by atoms with Crippen molar-refractivity contribution in [1.29, 1.82) is 0 Å². The molecule has 5 heteroatoms. The Balaban J connectivity index is 2.19. The van der Waals surface area contributed by atoms with Crippen LogP contribution >= 0.6 is 0 Å². The van der Waals surface area contributed by atoms with Crippen LogP contribution in [0.5, 0.6) is 17.2 Å². The Morgan fingerprint density at radius 1 is 0.815 bits per heavy atom. The molecule has 0 radical (unpaired) electrons. The van der Waals surface area contributed by atoms with E-state index in [1.54, 1.807) is 39.5 Å². The topological polar surface area (TPSA) is 65.0 Å². The van der Waals surface area contributed by atoms with Crippen LogP contribution in [0.1, 0.15) is 24.0 Å². The highest BCUT2D eigenvalue weighted by Crippen LogP contribution is 2.41. The van der Waals surface area contributed by atoms with E-state index in [1.165, 1.54) is 0 Å². The highest BCUT2D eigenvalue weighted by atomic mass is 16.5. The maximum Gasteiger partial charge on any atom is 0.159 e. The summed E-state index contributed by atoms with van der Waals surface area (Å²) >= 11 is 0. The van der Waals surface area contributed by atoms with Crippen LogP contribution in [0, 0.1) is 0 Å².